The topological polar surface area (TPSA) is 83.5 Å². The van der Waals surface area contributed by atoms with Gasteiger partial charge in [-0.1, -0.05) is 91.0 Å². The summed E-state index contributed by atoms with van der Waals surface area (Å²) in [6.07, 6.45) is -5.91. The van der Waals surface area contributed by atoms with Crippen molar-refractivity contribution >= 4 is 5.97 Å². The molecule has 5 rings (SSSR count). The van der Waals surface area contributed by atoms with E-state index in [2.05, 4.69) is 0 Å². The van der Waals surface area contributed by atoms with Crippen LogP contribution in [-0.2, 0) is 43.5 Å². The highest BCUT2D eigenvalue weighted by Crippen LogP contribution is 2.30. The minimum Gasteiger partial charge on any atom is -0.450 e. The van der Waals surface area contributed by atoms with Crippen LogP contribution in [0.5, 0.6) is 0 Å². The summed E-state index contributed by atoms with van der Waals surface area (Å²) in [5, 5.41) is 11.1. The van der Waals surface area contributed by atoms with Crippen LogP contribution in [-0.4, -0.2) is 48.4 Å². The first-order valence-corrected chi connectivity index (χ1v) is 13.9. The molecule has 9 heteroatoms. The Morgan fingerprint density at radius 1 is 0.698 bits per heavy atom. The number of ether oxygens (including phenoxy) is 5. The molecule has 0 aliphatic carbocycles. The first-order chi connectivity index (χ1) is 21.0. The summed E-state index contributed by atoms with van der Waals surface area (Å²) >= 11 is 0. The lowest BCUT2D eigenvalue weighted by Gasteiger charge is -2.44. The van der Waals surface area contributed by atoms with E-state index in [0.29, 0.717) is 0 Å². The highest BCUT2D eigenvalue weighted by atomic mass is 19.1. The predicted octanol–water partition coefficient (Wildman–Crippen LogP) is 5.60. The molecule has 7 nitrogen and oxygen atoms in total. The number of hydrogen-bond donors (Lipinski definition) is 1. The van der Waals surface area contributed by atoms with E-state index in [-0.39, 0.29) is 26.4 Å². The lowest BCUT2D eigenvalue weighted by molar-refractivity contribution is -0.306. The number of esters is 1. The molecule has 224 valence electrons. The van der Waals surface area contributed by atoms with Gasteiger partial charge in [0.2, 0.25) is 0 Å². The molecule has 4 aromatic rings. The quantitative estimate of drug-likeness (QED) is 0.215. The van der Waals surface area contributed by atoms with Gasteiger partial charge in [-0.2, -0.15) is 0 Å². The number of aliphatic hydroxyl groups is 1. The molecule has 0 aromatic heterocycles. The summed E-state index contributed by atoms with van der Waals surface area (Å²) in [5.41, 5.74) is 2.02. The van der Waals surface area contributed by atoms with Crippen LogP contribution in [0.25, 0.3) is 0 Å². The Hall–Kier alpha value is -3.99. The minimum absolute atomic E-state index is 0.0236. The smallest absolute Gasteiger partial charge is 0.341 e. The minimum atomic E-state index is -1.68. The number of aliphatic hydroxyl groups excluding tert-OH is 1. The van der Waals surface area contributed by atoms with Gasteiger partial charge in [0, 0.05) is 0 Å². The van der Waals surface area contributed by atoms with Crippen molar-refractivity contribution in [3.63, 3.8) is 0 Å². The normalized spacial score (nSPS) is 21.8. The van der Waals surface area contributed by atoms with E-state index in [9.17, 15) is 18.7 Å². The van der Waals surface area contributed by atoms with Crippen molar-refractivity contribution < 1.29 is 42.4 Å². The molecule has 5 atom stereocenters. The van der Waals surface area contributed by atoms with Crippen molar-refractivity contribution in [2.24, 2.45) is 0 Å². The molecule has 1 aliphatic rings. The lowest BCUT2D eigenvalue weighted by atomic mass is 9.98. The molecule has 0 bridgehead atoms. The fourth-order valence-corrected chi connectivity index (χ4v) is 4.79. The summed E-state index contributed by atoms with van der Waals surface area (Å²) in [4.78, 5) is 13.0. The van der Waals surface area contributed by atoms with Crippen LogP contribution >= 0.6 is 0 Å². The summed E-state index contributed by atoms with van der Waals surface area (Å²) in [7, 11) is 0. The van der Waals surface area contributed by atoms with Gasteiger partial charge in [0.25, 0.3) is 0 Å². The third-order valence-electron chi connectivity index (χ3n) is 6.96. The van der Waals surface area contributed by atoms with E-state index in [0.717, 1.165) is 34.9 Å². The standard InChI is InChI=1S/C34H32F2O7/c35-26-16-17-28(36)27(18-26)33(37)43-32-31(41-21-25-14-8-3-9-15-25)30(40-20-24-12-6-2-7-13-24)29(42-34(32)38)22-39-19-23-10-4-1-5-11-23/h1-18,29-32,34,38H,19-22H2/t29-,30-,31+,32+,34+/m1/s1. The molecule has 0 saturated carbocycles. The molecule has 0 spiro atoms. The van der Waals surface area contributed by atoms with E-state index in [4.69, 9.17) is 23.7 Å². The fourth-order valence-electron chi connectivity index (χ4n) is 4.79. The maximum Gasteiger partial charge on any atom is 0.341 e. The van der Waals surface area contributed by atoms with Gasteiger partial charge in [-0.25, -0.2) is 13.6 Å². The van der Waals surface area contributed by atoms with Gasteiger partial charge in [-0.05, 0) is 34.9 Å². The highest BCUT2D eigenvalue weighted by molar-refractivity contribution is 5.89. The molecule has 1 fully saturated rings. The third kappa shape index (κ3) is 8.31. The average molecular weight is 591 g/mol. The second-order valence-corrected chi connectivity index (χ2v) is 10.1. The maximum absolute atomic E-state index is 14.4. The number of carbonyl (C=O) groups is 1. The van der Waals surface area contributed by atoms with Crippen LogP contribution in [0, 0.1) is 11.6 Å². The Bertz CT molecular complexity index is 1440. The van der Waals surface area contributed by atoms with Gasteiger partial charge < -0.3 is 28.8 Å². The maximum atomic E-state index is 14.4. The van der Waals surface area contributed by atoms with Crippen LogP contribution < -0.4 is 0 Å². The Kier molecular flexibility index (Phi) is 10.6. The van der Waals surface area contributed by atoms with Crippen molar-refractivity contribution in [1.29, 1.82) is 0 Å². The lowest BCUT2D eigenvalue weighted by Crippen LogP contribution is -2.61. The fraction of sp³-hybridized carbons (Fsp3) is 0.265. The van der Waals surface area contributed by atoms with Crippen LogP contribution in [0.4, 0.5) is 8.78 Å². The molecule has 0 unspecified atom stereocenters. The van der Waals surface area contributed by atoms with E-state index < -0.39 is 53.9 Å². The molecular formula is C34H32F2O7. The third-order valence-corrected chi connectivity index (χ3v) is 6.96. The monoisotopic (exact) mass is 590 g/mol. The first kappa shape index (κ1) is 30.5. The highest BCUT2D eigenvalue weighted by Gasteiger charge is 2.49. The summed E-state index contributed by atoms with van der Waals surface area (Å²) in [6.45, 7) is 0.554. The molecule has 4 aromatic carbocycles. The molecule has 1 heterocycles. The van der Waals surface area contributed by atoms with Gasteiger partial charge in [-0.3, -0.25) is 0 Å². The number of halogens is 2. The van der Waals surface area contributed by atoms with Crippen molar-refractivity contribution in [3.05, 3.63) is 143 Å². The van der Waals surface area contributed by atoms with Gasteiger partial charge in [-0.15, -0.1) is 0 Å². The molecule has 1 saturated heterocycles. The van der Waals surface area contributed by atoms with E-state index in [1.54, 1.807) is 0 Å². The molecule has 1 aliphatic heterocycles. The van der Waals surface area contributed by atoms with Crippen molar-refractivity contribution in [2.45, 2.75) is 50.5 Å². The zero-order valence-corrected chi connectivity index (χ0v) is 23.3. The Morgan fingerprint density at radius 2 is 1.23 bits per heavy atom. The van der Waals surface area contributed by atoms with Gasteiger partial charge in [0.05, 0.1) is 32.0 Å². The summed E-state index contributed by atoms with van der Waals surface area (Å²) in [5.74, 6) is -2.97. The molecule has 0 radical (unpaired) electrons. The Balaban J connectivity index is 1.41. The Morgan fingerprint density at radius 3 is 1.81 bits per heavy atom. The summed E-state index contributed by atoms with van der Waals surface area (Å²) < 4.78 is 58.3. The van der Waals surface area contributed by atoms with Crippen molar-refractivity contribution in [3.8, 4) is 0 Å². The predicted molar refractivity (Wildman–Crippen MR) is 153 cm³/mol. The first-order valence-electron chi connectivity index (χ1n) is 13.9. The molecule has 0 amide bonds. The Labute approximate surface area is 248 Å². The van der Waals surface area contributed by atoms with E-state index >= 15 is 0 Å². The second kappa shape index (κ2) is 15.0. The van der Waals surface area contributed by atoms with Crippen molar-refractivity contribution in [2.75, 3.05) is 6.61 Å². The summed E-state index contributed by atoms with van der Waals surface area (Å²) in [6, 6.07) is 30.7. The number of rotatable bonds is 12. The van der Waals surface area contributed by atoms with Gasteiger partial charge >= 0.3 is 5.97 Å². The van der Waals surface area contributed by atoms with Crippen LogP contribution in [0.2, 0.25) is 0 Å². The molecular weight excluding hydrogens is 558 g/mol. The molecule has 43 heavy (non-hydrogen) atoms. The van der Waals surface area contributed by atoms with Crippen LogP contribution in [0.15, 0.2) is 109 Å². The SMILES string of the molecule is O=C(O[C@H]1[C@@H](OCc2ccccc2)[C@H](OCc2ccccc2)[C@@H](COCc2ccccc2)O[C@@H]1O)c1cc(F)ccc1F. The zero-order valence-electron chi connectivity index (χ0n) is 23.3. The number of benzene rings is 4. The van der Waals surface area contributed by atoms with E-state index in [1.807, 2.05) is 91.0 Å². The zero-order chi connectivity index (χ0) is 30.0. The van der Waals surface area contributed by atoms with Gasteiger partial charge in [0.15, 0.2) is 12.4 Å². The van der Waals surface area contributed by atoms with E-state index in [1.165, 1.54) is 0 Å². The number of hydrogen-bond acceptors (Lipinski definition) is 7. The van der Waals surface area contributed by atoms with Crippen LogP contribution in [0.1, 0.15) is 27.0 Å². The van der Waals surface area contributed by atoms with Crippen LogP contribution in [0.3, 0.4) is 0 Å². The largest absolute Gasteiger partial charge is 0.450 e. The number of carbonyl (C=O) groups excluding carboxylic acids is 1. The average Bonchev–Trinajstić information content (AvgIpc) is 3.03. The second-order valence-electron chi connectivity index (χ2n) is 10.1. The molecule has 1 N–H and O–H groups in total. The van der Waals surface area contributed by atoms with Gasteiger partial charge in [0.1, 0.15) is 29.9 Å². The van der Waals surface area contributed by atoms with Crippen molar-refractivity contribution in [1.82, 2.24) is 0 Å².